The van der Waals surface area contributed by atoms with Crippen molar-refractivity contribution in [2.75, 3.05) is 0 Å². The summed E-state index contributed by atoms with van der Waals surface area (Å²) in [5.74, 6) is -1.99. The average Bonchev–Trinajstić information content (AvgIpc) is 3.26. The maximum Gasteiger partial charge on any atom is 0.303 e. The van der Waals surface area contributed by atoms with E-state index in [0.717, 1.165) is 38.5 Å². The number of unbranched alkanes of at least 4 members (excludes halogenated alkanes) is 33. The van der Waals surface area contributed by atoms with Crippen LogP contribution in [0.5, 0.6) is 0 Å². The Hall–Kier alpha value is -2.37. The molecule has 0 saturated heterocycles. The molecule has 0 radical (unpaired) electrons. The molecule has 6 nitrogen and oxygen atoms in total. The van der Waals surface area contributed by atoms with Gasteiger partial charge in [0.1, 0.15) is 0 Å². The molecule has 0 aromatic rings. The molecule has 0 aliphatic rings. The SMILES string of the molecule is CC.CCCCCCCC/C=C/CCCCCCCC(=O)O.CCCCCCCC/C=C/CCCCCCCC(=O)O.CCCCCCCC/C=C\CCCCCCCC(=O)O. The van der Waals surface area contributed by atoms with E-state index in [1.54, 1.807) is 0 Å². The normalized spacial score (nSPS) is 11.0. The second-order valence-corrected chi connectivity index (χ2v) is 17.2. The Morgan fingerprint density at radius 2 is 0.403 bits per heavy atom. The molecular weight excluding hydrogens is 769 g/mol. The number of aliphatic carboxylic acids is 3. The molecule has 0 saturated carbocycles. The number of hydrogen-bond acceptors (Lipinski definition) is 3. The Labute approximate surface area is 387 Å². The van der Waals surface area contributed by atoms with E-state index in [1.165, 1.54) is 212 Å². The predicted molar refractivity (Wildman–Crippen MR) is 273 cm³/mol. The van der Waals surface area contributed by atoms with E-state index >= 15 is 0 Å². The fraction of sp³-hybridized carbons (Fsp3) is 0.839. The van der Waals surface area contributed by atoms with Crippen LogP contribution in [0.15, 0.2) is 36.5 Å². The van der Waals surface area contributed by atoms with Crippen molar-refractivity contribution in [3.05, 3.63) is 36.5 Å². The van der Waals surface area contributed by atoms with E-state index in [4.69, 9.17) is 15.3 Å². The summed E-state index contributed by atoms with van der Waals surface area (Å²) < 4.78 is 0. The van der Waals surface area contributed by atoms with Gasteiger partial charge in [0.25, 0.3) is 0 Å². The van der Waals surface area contributed by atoms with Crippen LogP contribution < -0.4 is 0 Å². The summed E-state index contributed by atoms with van der Waals surface area (Å²) in [5, 5.41) is 25.5. The van der Waals surface area contributed by atoms with E-state index in [1.807, 2.05) is 13.8 Å². The van der Waals surface area contributed by atoms with E-state index < -0.39 is 17.9 Å². The molecule has 0 unspecified atom stereocenters. The third-order valence-corrected chi connectivity index (χ3v) is 11.0. The standard InChI is InChI=1S/3C18H34O2.C2H6/c3*1-2-3-4-5-6-7-8-9-10-11-12-13-14-15-16-17-18(19)20;1-2/h3*9-10H,2-8,11-17H2,1H3,(H,19,20);1-2H3/b2*10-9+;10-9-;. The minimum Gasteiger partial charge on any atom is -0.481 e. The molecule has 0 bridgehead atoms. The van der Waals surface area contributed by atoms with Crippen LogP contribution >= 0.6 is 0 Å². The summed E-state index contributed by atoms with van der Waals surface area (Å²) in [7, 11) is 0. The Kier molecular flexibility index (Phi) is 69.7. The van der Waals surface area contributed by atoms with E-state index in [-0.39, 0.29) is 0 Å². The first-order valence-electron chi connectivity index (χ1n) is 26.9. The summed E-state index contributed by atoms with van der Waals surface area (Å²) in [5.41, 5.74) is 0. The van der Waals surface area contributed by atoms with Crippen LogP contribution in [0.3, 0.4) is 0 Å². The van der Waals surface area contributed by atoms with E-state index in [0.29, 0.717) is 19.3 Å². The summed E-state index contributed by atoms with van der Waals surface area (Å²) >= 11 is 0. The van der Waals surface area contributed by atoms with Gasteiger partial charge in [-0.25, -0.2) is 0 Å². The molecule has 0 fully saturated rings. The molecule has 0 aliphatic carbocycles. The van der Waals surface area contributed by atoms with Crippen LogP contribution in [0.4, 0.5) is 0 Å². The smallest absolute Gasteiger partial charge is 0.303 e. The van der Waals surface area contributed by atoms with Crippen molar-refractivity contribution in [1.82, 2.24) is 0 Å². The highest BCUT2D eigenvalue weighted by atomic mass is 16.4. The lowest BCUT2D eigenvalue weighted by atomic mass is 10.1. The van der Waals surface area contributed by atoms with Crippen molar-refractivity contribution < 1.29 is 29.7 Å². The number of hydrogen-bond donors (Lipinski definition) is 3. The van der Waals surface area contributed by atoms with Gasteiger partial charge in [0.05, 0.1) is 0 Å². The van der Waals surface area contributed by atoms with Crippen LogP contribution in [-0.4, -0.2) is 33.2 Å². The van der Waals surface area contributed by atoms with Gasteiger partial charge in [0, 0.05) is 19.3 Å². The van der Waals surface area contributed by atoms with Gasteiger partial charge in [-0.15, -0.1) is 0 Å². The van der Waals surface area contributed by atoms with Gasteiger partial charge in [-0.1, -0.05) is 225 Å². The second kappa shape index (κ2) is 65.2. The molecule has 0 aliphatic heterocycles. The highest BCUT2D eigenvalue weighted by Gasteiger charge is 1.98. The van der Waals surface area contributed by atoms with Gasteiger partial charge in [-0.05, 0) is 96.3 Å². The van der Waals surface area contributed by atoms with Crippen molar-refractivity contribution in [2.45, 2.75) is 304 Å². The lowest BCUT2D eigenvalue weighted by molar-refractivity contribution is -0.138. The third kappa shape index (κ3) is 78.2. The maximum absolute atomic E-state index is 10.3. The lowest BCUT2D eigenvalue weighted by Gasteiger charge is -1.99. The van der Waals surface area contributed by atoms with Gasteiger partial charge in [0.2, 0.25) is 0 Å². The zero-order valence-corrected chi connectivity index (χ0v) is 42.2. The Morgan fingerprint density at radius 1 is 0.258 bits per heavy atom. The molecule has 6 heteroatoms. The van der Waals surface area contributed by atoms with Crippen molar-refractivity contribution in [2.24, 2.45) is 0 Å². The van der Waals surface area contributed by atoms with Crippen LogP contribution in [0.2, 0.25) is 0 Å². The Balaban J connectivity index is -0.000000398. The van der Waals surface area contributed by atoms with Crippen LogP contribution in [0.1, 0.15) is 304 Å². The van der Waals surface area contributed by atoms with Gasteiger partial charge in [-0.2, -0.15) is 0 Å². The van der Waals surface area contributed by atoms with Gasteiger partial charge in [0.15, 0.2) is 0 Å². The van der Waals surface area contributed by atoms with Gasteiger partial charge < -0.3 is 15.3 Å². The maximum atomic E-state index is 10.3. The quantitative estimate of drug-likeness (QED) is 0.0415. The summed E-state index contributed by atoms with van der Waals surface area (Å²) in [6.07, 6.45) is 63.7. The summed E-state index contributed by atoms with van der Waals surface area (Å²) in [6.45, 7) is 10.8. The zero-order valence-electron chi connectivity index (χ0n) is 42.2. The molecule has 0 spiro atoms. The molecule has 0 amide bonds. The predicted octanol–water partition coefficient (Wildman–Crippen LogP) is 19.4. The van der Waals surface area contributed by atoms with Crippen LogP contribution in [0, 0.1) is 0 Å². The number of allylic oxidation sites excluding steroid dienone is 6. The topological polar surface area (TPSA) is 112 Å². The summed E-state index contributed by atoms with van der Waals surface area (Å²) in [6, 6.07) is 0. The van der Waals surface area contributed by atoms with Gasteiger partial charge in [-0.3, -0.25) is 14.4 Å². The number of carboxylic acids is 3. The minimum atomic E-state index is -0.664. The first kappa shape index (κ1) is 66.2. The van der Waals surface area contributed by atoms with E-state index in [2.05, 4.69) is 57.2 Å². The number of carbonyl (C=O) groups is 3. The monoisotopic (exact) mass is 877 g/mol. The zero-order chi connectivity index (χ0) is 46.7. The molecule has 62 heavy (non-hydrogen) atoms. The van der Waals surface area contributed by atoms with Crippen molar-refractivity contribution in [3.8, 4) is 0 Å². The molecule has 0 aromatic heterocycles. The first-order chi connectivity index (χ1) is 30.3. The molecule has 3 N–H and O–H groups in total. The van der Waals surface area contributed by atoms with Crippen molar-refractivity contribution in [3.63, 3.8) is 0 Å². The molecule has 0 rings (SSSR count). The summed E-state index contributed by atoms with van der Waals surface area (Å²) in [4.78, 5) is 31.0. The molecule has 0 heterocycles. The van der Waals surface area contributed by atoms with Gasteiger partial charge >= 0.3 is 17.9 Å². The fourth-order valence-electron chi connectivity index (χ4n) is 7.04. The lowest BCUT2D eigenvalue weighted by Crippen LogP contribution is -1.93. The fourth-order valence-corrected chi connectivity index (χ4v) is 7.04. The average molecular weight is 877 g/mol. The molecule has 0 atom stereocenters. The van der Waals surface area contributed by atoms with Crippen molar-refractivity contribution in [1.29, 1.82) is 0 Å². The first-order valence-corrected chi connectivity index (χ1v) is 26.9. The largest absolute Gasteiger partial charge is 0.481 e. The highest BCUT2D eigenvalue weighted by molar-refractivity contribution is 5.67. The van der Waals surface area contributed by atoms with Crippen LogP contribution in [-0.2, 0) is 14.4 Å². The van der Waals surface area contributed by atoms with Crippen molar-refractivity contribution >= 4 is 17.9 Å². The molecule has 368 valence electrons. The Bertz CT molecular complexity index is 820. The number of rotatable bonds is 45. The second-order valence-electron chi connectivity index (χ2n) is 17.2. The Morgan fingerprint density at radius 3 is 0.565 bits per heavy atom. The minimum absolute atomic E-state index is 0.332. The molecule has 0 aromatic carbocycles. The van der Waals surface area contributed by atoms with Crippen LogP contribution in [0.25, 0.3) is 0 Å². The molecular formula is C56H108O6. The highest BCUT2D eigenvalue weighted by Crippen LogP contribution is 2.13. The van der Waals surface area contributed by atoms with E-state index in [9.17, 15) is 14.4 Å². The number of carboxylic acid groups (broad SMARTS) is 3. The third-order valence-electron chi connectivity index (χ3n) is 11.0.